The number of nitrogens with one attached hydrogen (secondary N) is 1. The zero-order chi connectivity index (χ0) is 17.2. The summed E-state index contributed by atoms with van der Waals surface area (Å²) in [5, 5.41) is 1.90. The minimum Gasteiger partial charge on any atom is -0.454 e. The Morgan fingerprint density at radius 1 is 1.39 bits per heavy atom. The Hall–Kier alpha value is -2.03. The van der Waals surface area contributed by atoms with Gasteiger partial charge in [0.2, 0.25) is 0 Å². The van der Waals surface area contributed by atoms with Crippen LogP contribution >= 0.6 is 11.6 Å². The molecule has 0 spiro atoms. The molecule has 0 saturated heterocycles. The zero-order valence-corrected chi connectivity index (χ0v) is 12.4. The number of amides is 1. The van der Waals surface area contributed by atoms with E-state index < -0.39 is 47.3 Å². The van der Waals surface area contributed by atoms with Crippen molar-refractivity contribution in [3.63, 3.8) is 0 Å². The van der Waals surface area contributed by atoms with Crippen LogP contribution in [-0.4, -0.2) is 29.1 Å². The lowest BCUT2D eigenvalue weighted by molar-refractivity contribution is -0.149. The second kappa shape index (κ2) is 6.61. The summed E-state index contributed by atoms with van der Waals surface area (Å²) < 4.78 is 43.1. The van der Waals surface area contributed by atoms with E-state index >= 15 is 0 Å². The fraction of sp³-hybridized carbons (Fsp3) is 0.462. The van der Waals surface area contributed by atoms with Crippen molar-refractivity contribution in [2.45, 2.75) is 31.6 Å². The van der Waals surface area contributed by atoms with E-state index in [0.29, 0.717) is 16.8 Å². The third-order valence-corrected chi connectivity index (χ3v) is 3.25. The molecule has 1 fully saturated rings. The maximum absolute atomic E-state index is 12.7. The molecule has 126 valence electrons. The average molecular weight is 353 g/mol. The van der Waals surface area contributed by atoms with Gasteiger partial charge in [0.15, 0.2) is 6.61 Å². The number of esters is 1. The van der Waals surface area contributed by atoms with E-state index in [0.717, 1.165) is 12.8 Å². The van der Waals surface area contributed by atoms with Gasteiger partial charge in [-0.1, -0.05) is 11.6 Å². The first-order valence-electron chi connectivity index (χ1n) is 6.59. The highest BCUT2D eigenvalue weighted by Crippen LogP contribution is 2.29. The van der Waals surface area contributed by atoms with E-state index in [2.05, 4.69) is 10.1 Å². The summed E-state index contributed by atoms with van der Waals surface area (Å²) in [6.45, 7) is -1.34. The van der Waals surface area contributed by atoms with Gasteiger partial charge in [-0.3, -0.25) is 14.4 Å². The smallest absolute Gasteiger partial charge is 0.417 e. The van der Waals surface area contributed by atoms with Crippen LogP contribution in [0.15, 0.2) is 17.1 Å². The van der Waals surface area contributed by atoms with Crippen LogP contribution in [0.2, 0.25) is 5.02 Å². The molecule has 0 radical (unpaired) electrons. The predicted octanol–water partition coefficient (Wildman–Crippen LogP) is 1.34. The molecule has 2 rings (SSSR count). The second-order valence-corrected chi connectivity index (χ2v) is 5.42. The number of aromatic nitrogens is 1. The highest BCUT2D eigenvalue weighted by molar-refractivity contribution is 6.30. The summed E-state index contributed by atoms with van der Waals surface area (Å²) in [5.74, 6) is -1.52. The number of pyridine rings is 1. The maximum Gasteiger partial charge on any atom is 0.417 e. The Labute approximate surface area is 133 Å². The summed E-state index contributed by atoms with van der Waals surface area (Å²) in [6, 6.07) is 0.570. The summed E-state index contributed by atoms with van der Waals surface area (Å²) >= 11 is 5.45. The first-order valence-corrected chi connectivity index (χ1v) is 6.97. The second-order valence-electron chi connectivity index (χ2n) is 5.01. The molecular formula is C13H12ClF3N2O4. The summed E-state index contributed by atoms with van der Waals surface area (Å²) in [5.41, 5.74) is -2.12. The highest BCUT2D eigenvalue weighted by Gasteiger charge is 2.32. The molecule has 0 atom stereocenters. The first kappa shape index (κ1) is 17.3. The summed E-state index contributed by atoms with van der Waals surface area (Å²) in [4.78, 5) is 34.5. The molecule has 1 saturated carbocycles. The Kier molecular flexibility index (Phi) is 4.98. The molecule has 0 unspecified atom stereocenters. The van der Waals surface area contributed by atoms with Crippen molar-refractivity contribution in [3.8, 4) is 0 Å². The molecule has 0 aromatic carbocycles. The van der Waals surface area contributed by atoms with Crippen LogP contribution in [0.3, 0.4) is 0 Å². The van der Waals surface area contributed by atoms with Gasteiger partial charge < -0.3 is 14.6 Å². The van der Waals surface area contributed by atoms with Crippen molar-refractivity contribution < 1.29 is 27.5 Å². The number of carbonyl (C=O) groups excluding carboxylic acids is 2. The van der Waals surface area contributed by atoms with Crippen molar-refractivity contribution in [2.24, 2.45) is 0 Å². The molecule has 23 heavy (non-hydrogen) atoms. The van der Waals surface area contributed by atoms with Gasteiger partial charge in [0.1, 0.15) is 11.6 Å². The van der Waals surface area contributed by atoms with Gasteiger partial charge in [0, 0.05) is 12.2 Å². The van der Waals surface area contributed by atoms with E-state index in [4.69, 9.17) is 11.6 Å². The Bertz CT molecular complexity index is 683. The van der Waals surface area contributed by atoms with Gasteiger partial charge in [-0.2, -0.15) is 13.2 Å². The molecule has 1 N–H and O–H groups in total. The molecule has 1 amide bonds. The number of ether oxygens (including phenoxy) is 1. The molecule has 1 heterocycles. The molecule has 1 aliphatic carbocycles. The average Bonchev–Trinajstić information content (AvgIpc) is 3.24. The van der Waals surface area contributed by atoms with Gasteiger partial charge in [0.05, 0.1) is 5.56 Å². The van der Waals surface area contributed by atoms with Gasteiger partial charge in [-0.05, 0) is 18.9 Å². The van der Waals surface area contributed by atoms with Gasteiger partial charge in [0.25, 0.3) is 11.5 Å². The molecular weight excluding hydrogens is 341 g/mol. The quantitative estimate of drug-likeness (QED) is 0.811. The van der Waals surface area contributed by atoms with Crippen LogP contribution in [0.5, 0.6) is 0 Å². The number of alkyl halides is 3. The molecule has 1 aromatic heterocycles. The van der Waals surface area contributed by atoms with E-state index in [1.165, 1.54) is 0 Å². The van der Waals surface area contributed by atoms with Crippen LogP contribution in [0.4, 0.5) is 13.2 Å². The van der Waals surface area contributed by atoms with Gasteiger partial charge in [-0.15, -0.1) is 0 Å². The fourth-order valence-corrected chi connectivity index (χ4v) is 1.93. The van der Waals surface area contributed by atoms with Crippen LogP contribution in [0.25, 0.3) is 0 Å². The number of carbonyl (C=O) groups is 2. The topological polar surface area (TPSA) is 77.4 Å². The lowest BCUT2D eigenvalue weighted by Gasteiger charge is -2.11. The van der Waals surface area contributed by atoms with E-state index in [9.17, 15) is 27.6 Å². The Morgan fingerprint density at radius 2 is 2.04 bits per heavy atom. The lowest BCUT2D eigenvalue weighted by Crippen LogP contribution is -2.32. The van der Waals surface area contributed by atoms with Crippen molar-refractivity contribution in [1.29, 1.82) is 0 Å². The van der Waals surface area contributed by atoms with Crippen LogP contribution in [-0.2, 0) is 27.0 Å². The lowest BCUT2D eigenvalue weighted by atomic mass is 10.2. The molecule has 0 aliphatic heterocycles. The van der Waals surface area contributed by atoms with Crippen molar-refractivity contribution in [2.75, 3.05) is 6.61 Å². The molecule has 10 heteroatoms. The van der Waals surface area contributed by atoms with Gasteiger partial charge >= 0.3 is 12.1 Å². The Morgan fingerprint density at radius 3 is 2.61 bits per heavy atom. The van der Waals surface area contributed by atoms with Gasteiger partial charge in [-0.25, -0.2) is 0 Å². The molecule has 1 aliphatic rings. The summed E-state index contributed by atoms with van der Waals surface area (Å²) in [7, 11) is 0. The number of hydrogen-bond acceptors (Lipinski definition) is 4. The van der Waals surface area contributed by atoms with Crippen LogP contribution in [0, 0.1) is 0 Å². The molecule has 6 nitrogen and oxygen atoms in total. The Balaban J connectivity index is 2.00. The van der Waals surface area contributed by atoms with E-state index in [-0.39, 0.29) is 6.04 Å². The molecule has 0 bridgehead atoms. The number of nitrogens with zero attached hydrogens (tertiary/aromatic N) is 1. The maximum atomic E-state index is 12.7. The zero-order valence-electron chi connectivity index (χ0n) is 11.7. The normalized spacial score (nSPS) is 14.4. The third kappa shape index (κ3) is 4.98. The standard InChI is InChI=1S/C13H12ClF3N2O4/c14-9-3-7(13(15,16)17)4-19(12(9)22)5-11(21)23-6-10(20)18-8-1-2-8/h3-4,8H,1-2,5-6H2,(H,18,20). The van der Waals surface area contributed by atoms with Crippen molar-refractivity contribution in [3.05, 3.63) is 33.2 Å². The first-order chi connectivity index (χ1) is 10.7. The fourth-order valence-electron chi connectivity index (χ4n) is 1.70. The van der Waals surface area contributed by atoms with Crippen LogP contribution < -0.4 is 10.9 Å². The molecule has 1 aromatic rings. The van der Waals surface area contributed by atoms with Crippen molar-refractivity contribution >= 4 is 23.5 Å². The number of halogens is 4. The summed E-state index contributed by atoms with van der Waals surface area (Å²) in [6.07, 6.45) is -2.53. The number of hydrogen-bond donors (Lipinski definition) is 1. The minimum absolute atomic E-state index is 0.0890. The monoisotopic (exact) mass is 352 g/mol. The van der Waals surface area contributed by atoms with Crippen molar-refractivity contribution in [1.82, 2.24) is 9.88 Å². The predicted molar refractivity (Wildman–Crippen MR) is 72.8 cm³/mol. The SMILES string of the molecule is O=C(COC(=O)Cn1cc(C(F)(F)F)cc(Cl)c1=O)NC1CC1. The third-order valence-electron chi connectivity index (χ3n) is 2.98. The van der Waals surface area contributed by atoms with Crippen LogP contribution in [0.1, 0.15) is 18.4 Å². The minimum atomic E-state index is -4.72. The number of rotatable bonds is 5. The van der Waals surface area contributed by atoms with E-state index in [1.54, 1.807) is 0 Å². The van der Waals surface area contributed by atoms with E-state index in [1.807, 2.05) is 0 Å². The highest BCUT2D eigenvalue weighted by atomic mass is 35.5. The largest absolute Gasteiger partial charge is 0.454 e.